The third-order valence-electron chi connectivity index (χ3n) is 4.07. The number of halogens is 1. The van der Waals surface area contributed by atoms with Gasteiger partial charge in [0.15, 0.2) is 5.65 Å². The molecule has 0 aliphatic rings. The first-order valence-corrected chi connectivity index (χ1v) is 8.06. The fraction of sp³-hybridized carbons (Fsp3) is 0.733. The van der Waals surface area contributed by atoms with Crippen molar-refractivity contribution >= 4 is 22.8 Å². The van der Waals surface area contributed by atoms with Gasteiger partial charge in [-0.05, 0) is 34.2 Å². The van der Waals surface area contributed by atoms with Crippen molar-refractivity contribution in [1.29, 1.82) is 0 Å². The SMILES string of the molecule is CCc1nn(C)c2c1nc(C(C)Cl)n2CCN(C)C(C)C. The molecule has 1 unspecified atom stereocenters. The van der Waals surface area contributed by atoms with Gasteiger partial charge in [-0.1, -0.05) is 6.92 Å². The van der Waals surface area contributed by atoms with Crippen LogP contribution in [0.5, 0.6) is 0 Å². The van der Waals surface area contributed by atoms with Crippen molar-refractivity contribution in [2.75, 3.05) is 13.6 Å². The van der Waals surface area contributed by atoms with Crippen LogP contribution in [0.1, 0.15) is 44.6 Å². The standard InChI is InChI=1S/C15H26ClN5/c1-7-12-13-15(20(6)18-12)21(14(17-13)11(4)16)9-8-19(5)10(2)3/h10-11H,7-9H2,1-6H3. The first kappa shape index (κ1) is 16.3. The van der Waals surface area contributed by atoms with Crippen LogP contribution in [0.15, 0.2) is 0 Å². The Bertz CT molecular complexity index is 611. The van der Waals surface area contributed by atoms with Gasteiger partial charge in [0.1, 0.15) is 11.3 Å². The normalized spacial score (nSPS) is 13.8. The number of hydrogen-bond donors (Lipinski definition) is 0. The lowest BCUT2D eigenvalue weighted by molar-refractivity contribution is 0.262. The summed E-state index contributed by atoms with van der Waals surface area (Å²) in [7, 11) is 4.12. The lowest BCUT2D eigenvalue weighted by atomic mass is 10.3. The molecular formula is C15H26ClN5. The van der Waals surface area contributed by atoms with Gasteiger partial charge >= 0.3 is 0 Å². The topological polar surface area (TPSA) is 38.9 Å². The molecule has 118 valence electrons. The van der Waals surface area contributed by atoms with Crippen molar-refractivity contribution in [1.82, 2.24) is 24.2 Å². The molecule has 1 atom stereocenters. The van der Waals surface area contributed by atoms with Crippen molar-refractivity contribution < 1.29 is 0 Å². The molecule has 0 aliphatic carbocycles. The molecule has 0 radical (unpaired) electrons. The minimum absolute atomic E-state index is 0.105. The Morgan fingerprint density at radius 2 is 1.95 bits per heavy atom. The number of fused-ring (bicyclic) bond motifs is 1. The van der Waals surface area contributed by atoms with Gasteiger partial charge in [-0.25, -0.2) is 4.98 Å². The summed E-state index contributed by atoms with van der Waals surface area (Å²) in [5, 5.41) is 4.46. The minimum Gasteiger partial charge on any atom is -0.310 e. The molecule has 2 aromatic rings. The summed E-state index contributed by atoms with van der Waals surface area (Å²) >= 11 is 6.34. The Morgan fingerprint density at radius 1 is 1.29 bits per heavy atom. The Morgan fingerprint density at radius 3 is 2.48 bits per heavy atom. The highest BCUT2D eigenvalue weighted by Gasteiger charge is 2.21. The van der Waals surface area contributed by atoms with E-state index in [4.69, 9.17) is 16.6 Å². The number of likely N-dealkylation sites (N-methyl/N-ethyl adjacent to an activating group) is 1. The number of alkyl halides is 1. The van der Waals surface area contributed by atoms with E-state index in [9.17, 15) is 0 Å². The fourth-order valence-electron chi connectivity index (χ4n) is 2.54. The van der Waals surface area contributed by atoms with Gasteiger partial charge in [0.05, 0.1) is 11.1 Å². The molecule has 21 heavy (non-hydrogen) atoms. The average Bonchev–Trinajstić information content (AvgIpc) is 2.94. The van der Waals surface area contributed by atoms with Gasteiger partial charge in [-0.2, -0.15) is 5.10 Å². The maximum Gasteiger partial charge on any atom is 0.158 e. The first-order valence-electron chi connectivity index (χ1n) is 7.63. The van der Waals surface area contributed by atoms with Gasteiger partial charge in [0.2, 0.25) is 0 Å². The molecule has 0 aliphatic heterocycles. The van der Waals surface area contributed by atoms with E-state index in [2.05, 4.69) is 42.4 Å². The van der Waals surface area contributed by atoms with E-state index in [0.29, 0.717) is 6.04 Å². The average molecular weight is 312 g/mol. The summed E-state index contributed by atoms with van der Waals surface area (Å²) in [6.07, 6.45) is 0.885. The Hall–Kier alpha value is -1.07. The summed E-state index contributed by atoms with van der Waals surface area (Å²) in [5.74, 6) is 0.937. The highest BCUT2D eigenvalue weighted by atomic mass is 35.5. The van der Waals surface area contributed by atoms with Gasteiger partial charge < -0.3 is 9.47 Å². The quantitative estimate of drug-likeness (QED) is 0.770. The molecular weight excluding hydrogens is 286 g/mol. The zero-order valence-electron chi connectivity index (χ0n) is 13.9. The van der Waals surface area contributed by atoms with Crippen molar-refractivity contribution in [3.05, 3.63) is 11.5 Å². The van der Waals surface area contributed by atoms with Crippen molar-refractivity contribution in [3.8, 4) is 0 Å². The first-order chi connectivity index (χ1) is 9.86. The van der Waals surface area contributed by atoms with Crippen LogP contribution in [0, 0.1) is 0 Å². The number of nitrogens with zero attached hydrogens (tertiary/aromatic N) is 5. The zero-order valence-corrected chi connectivity index (χ0v) is 14.6. The van der Waals surface area contributed by atoms with E-state index >= 15 is 0 Å². The molecule has 2 aromatic heterocycles. The van der Waals surface area contributed by atoms with Crippen molar-refractivity contribution in [2.24, 2.45) is 7.05 Å². The zero-order chi connectivity index (χ0) is 15.7. The molecule has 0 aromatic carbocycles. The van der Waals surface area contributed by atoms with Crippen molar-refractivity contribution in [2.45, 2.75) is 52.1 Å². The smallest absolute Gasteiger partial charge is 0.158 e. The summed E-state index contributed by atoms with van der Waals surface area (Å²) in [6, 6.07) is 0.527. The van der Waals surface area contributed by atoms with Crippen LogP contribution in [-0.2, 0) is 20.0 Å². The maximum atomic E-state index is 6.34. The number of aryl methyl sites for hydroxylation is 2. The molecule has 0 bridgehead atoms. The highest BCUT2D eigenvalue weighted by Crippen LogP contribution is 2.26. The Kier molecular flexibility index (Phi) is 4.94. The van der Waals surface area contributed by atoms with Gasteiger partial charge in [0, 0.05) is 26.2 Å². The van der Waals surface area contributed by atoms with Crippen LogP contribution >= 0.6 is 11.6 Å². The van der Waals surface area contributed by atoms with E-state index in [1.807, 2.05) is 18.7 Å². The van der Waals surface area contributed by atoms with Crippen LogP contribution < -0.4 is 0 Å². The van der Waals surface area contributed by atoms with Gasteiger partial charge in [-0.15, -0.1) is 11.6 Å². The summed E-state index contributed by atoms with van der Waals surface area (Å²) in [5.41, 5.74) is 3.11. The molecule has 0 fully saturated rings. The lowest BCUT2D eigenvalue weighted by Crippen LogP contribution is -2.30. The number of hydrogen-bond acceptors (Lipinski definition) is 3. The molecule has 2 heterocycles. The van der Waals surface area contributed by atoms with E-state index in [-0.39, 0.29) is 5.38 Å². The molecule has 5 nitrogen and oxygen atoms in total. The predicted molar refractivity (Wildman–Crippen MR) is 87.9 cm³/mol. The summed E-state index contributed by atoms with van der Waals surface area (Å²) < 4.78 is 4.15. The molecule has 0 N–H and O–H groups in total. The fourth-order valence-corrected chi connectivity index (χ4v) is 2.70. The van der Waals surface area contributed by atoms with Crippen LogP contribution in [0.25, 0.3) is 11.2 Å². The van der Waals surface area contributed by atoms with E-state index in [0.717, 1.165) is 42.2 Å². The summed E-state index contributed by atoms with van der Waals surface area (Å²) in [6.45, 7) is 10.3. The number of aromatic nitrogens is 4. The van der Waals surface area contributed by atoms with Crippen LogP contribution in [-0.4, -0.2) is 43.9 Å². The molecule has 2 rings (SSSR count). The third kappa shape index (κ3) is 3.09. The number of imidazole rings is 1. The second kappa shape index (κ2) is 6.36. The van der Waals surface area contributed by atoms with Gasteiger partial charge in [0.25, 0.3) is 0 Å². The van der Waals surface area contributed by atoms with E-state index in [1.165, 1.54) is 0 Å². The Balaban J connectivity index is 2.44. The number of rotatable bonds is 6. The second-order valence-electron chi connectivity index (χ2n) is 5.91. The highest BCUT2D eigenvalue weighted by molar-refractivity contribution is 6.20. The maximum absolute atomic E-state index is 6.34. The van der Waals surface area contributed by atoms with E-state index < -0.39 is 0 Å². The van der Waals surface area contributed by atoms with Crippen LogP contribution in [0.2, 0.25) is 0 Å². The molecule has 0 saturated heterocycles. The van der Waals surface area contributed by atoms with Crippen LogP contribution in [0.4, 0.5) is 0 Å². The van der Waals surface area contributed by atoms with Crippen molar-refractivity contribution in [3.63, 3.8) is 0 Å². The minimum atomic E-state index is -0.105. The molecule has 6 heteroatoms. The molecule has 0 spiro atoms. The second-order valence-corrected chi connectivity index (χ2v) is 6.56. The predicted octanol–water partition coefficient (Wildman–Crippen LogP) is 2.97. The van der Waals surface area contributed by atoms with E-state index in [1.54, 1.807) is 0 Å². The molecule has 0 saturated carbocycles. The third-order valence-corrected chi connectivity index (χ3v) is 4.26. The summed E-state index contributed by atoms with van der Waals surface area (Å²) in [4.78, 5) is 7.08. The monoisotopic (exact) mass is 311 g/mol. The lowest BCUT2D eigenvalue weighted by Gasteiger charge is -2.22. The molecule has 0 amide bonds. The Labute approximate surface area is 131 Å². The van der Waals surface area contributed by atoms with Crippen LogP contribution in [0.3, 0.4) is 0 Å². The largest absolute Gasteiger partial charge is 0.310 e. The van der Waals surface area contributed by atoms with Gasteiger partial charge in [-0.3, -0.25) is 4.68 Å².